The molecule has 0 saturated heterocycles. The molecule has 86 valence electrons. The second-order valence-electron chi connectivity index (χ2n) is 4.06. The highest BCUT2D eigenvalue weighted by molar-refractivity contribution is 7.23. The summed E-state index contributed by atoms with van der Waals surface area (Å²) < 4.78 is 3.35. The van der Waals surface area contributed by atoms with Crippen LogP contribution in [0.2, 0.25) is 0 Å². The van der Waals surface area contributed by atoms with Gasteiger partial charge >= 0.3 is 0 Å². The molecule has 0 N–H and O–H groups in total. The van der Waals surface area contributed by atoms with Crippen LogP contribution in [0.15, 0.2) is 30.8 Å². The maximum atomic E-state index is 4.25. The molecule has 0 fully saturated rings. The van der Waals surface area contributed by atoms with E-state index in [4.69, 9.17) is 0 Å². The number of aromatic nitrogens is 3. The molecule has 0 aliphatic rings. The summed E-state index contributed by atoms with van der Waals surface area (Å²) in [7, 11) is 0. The van der Waals surface area contributed by atoms with Crippen molar-refractivity contribution in [1.29, 1.82) is 0 Å². The van der Waals surface area contributed by atoms with Crippen molar-refractivity contribution in [3.63, 3.8) is 0 Å². The minimum atomic E-state index is 0.902. The molecule has 3 rings (SSSR count). The van der Waals surface area contributed by atoms with Gasteiger partial charge in [-0.3, -0.25) is 4.40 Å². The Bertz CT molecular complexity index is 693. The lowest BCUT2D eigenvalue weighted by molar-refractivity contribution is 0.947. The van der Waals surface area contributed by atoms with E-state index < -0.39 is 0 Å². The van der Waals surface area contributed by atoms with Crippen LogP contribution >= 0.6 is 11.3 Å². The van der Waals surface area contributed by atoms with E-state index in [2.05, 4.69) is 40.2 Å². The molecule has 17 heavy (non-hydrogen) atoms. The first-order valence-electron chi connectivity index (χ1n) is 5.72. The number of rotatable bonds is 3. The number of para-hydroxylation sites is 1. The van der Waals surface area contributed by atoms with E-state index in [1.165, 1.54) is 10.2 Å². The van der Waals surface area contributed by atoms with Gasteiger partial charge in [-0.1, -0.05) is 43.4 Å². The zero-order valence-corrected chi connectivity index (χ0v) is 10.5. The second kappa shape index (κ2) is 3.96. The van der Waals surface area contributed by atoms with Gasteiger partial charge < -0.3 is 0 Å². The van der Waals surface area contributed by atoms with Gasteiger partial charge in [0.25, 0.3) is 0 Å². The third kappa shape index (κ3) is 1.56. The van der Waals surface area contributed by atoms with Crippen molar-refractivity contribution in [2.45, 2.75) is 19.8 Å². The Morgan fingerprint density at radius 2 is 2.18 bits per heavy atom. The van der Waals surface area contributed by atoms with E-state index in [1.54, 1.807) is 11.3 Å². The zero-order valence-electron chi connectivity index (χ0n) is 9.68. The molecular weight excluding hydrogens is 230 g/mol. The maximum Gasteiger partial charge on any atom is 0.217 e. The first-order chi connectivity index (χ1) is 8.31. The summed E-state index contributed by atoms with van der Waals surface area (Å²) >= 11 is 1.67. The predicted molar refractivity (Wildman–Crippen MR) is 72.3 cm³/mol. The summed E-state index contributed by atoms with van der Waals surface area (Å²) in [5.41, 5.74) is 2.23. The van der Waals surface area contributed by atoms with Gasteiger partial charge in [-0.2, -0.15) is 0 Å². The quantitative estimate of drug-likeness (QED) is 0.701. The van der Waals surface area contributed by atoms with Crippen molar-refractivity contribution in [1.82, 2.24) is 14.6 Å². The second-order valence-corrected chi connectivity index (χ2v) is 5.07. The predicted octanol–water partition coefficient (Wildman–Crippen LogP) is 3.76. The molecule has 1 aromatic carbocycles. The molecule has 0 aliphatic heterocycles. The van der Waals surface area contributed by atoms with Crippen molar-refractivity contribution in [3.8, 4) is 0 Å². The van der Waals surface area contributed by atoms with Crippen LogP contribution in [0.1, 0.15) is 25.6 Å². The third-order valence-corrected chi connectivity index (χ3v) is 3.82. The third-order valence-electron chi connectivity index (χ3n) is 2.81. The smallest absolute Gasteiger partial charge is 0.217 e. The normalized spacial score (nSPS) is 11.4. The topological polar surface area (TPSA) is 30.2 Å². The van der Waals surface area contributed by atoms with Crippen LogP contribution in [-0.4, -0.2) is 14.6 Å². The number of hydrogen-bond donors (Lipinski definition) is 0. The lowest BCUT2D eigenvalue weighted by atomic mass is 10.1. The van der Waals surface area contributed by atoms with Crippen LogP contribution in [0.5, 0.6) is 0 Å². The molecule has 0 bridgehead atoms. The molecule has 2 aromatic heterocycles. The molecule has 3 aromatic rings. The average molecular weight is 243 g/mol. The van der Waals surface area contributed by atoms with Crippen molar-refractivity contribution < 1.29 is 0 Å². The summed E-state index contributed by atoms with van der Waals surface area (Å²) in [6, 6.07) is 8.30. The van der Waals surface area contributed by atoms with E-state index in [0.29, 0.717) is 0 Å². The molecule has 0 saturated carbocycles. The van der Waals surface area contributed by atoms with Gasteiger partial charge in [0.1, 0.15) is 0 Å². The Kier molecular flexibility index (Phi) is 2.44. The number of benzene rings is 1. The molecular formula is C13H13N3S. The van der Waals surface area contributed by atoms with E-state index in [1.807, 2.05) is 12.1 Å². The van der Waals surface area contributed by atoms with Gasteiger partial charge in [0.15, 0.2) is 5.82 Å². The average Bonchev–Trinajstić information content (AvgIpc) is 2.87. The van der Waals surface area contributed by atoms with Gasteiger partial charge in [0, 0.05) is 0 Å². The summed E-state index contributed by atoms with van der Waals surface area (Å²) in [4.78, 5) is 0.943. The van der Waals surface area contributed by atoms with E-state index in [-0.39, 0.29) is 0 Å². The van der Waals surface area contributed by atoms with Crippen LogP contribution < -0.4 is 0 Å². The van der Waals surface area contributed by atoms with Crippen molar-refractivity contribution in [2.75, 3.05) is 0 Å². The van der Waals surface area contributed by atoms with E-state index in [0.717, 1.165) is 29.2 Å². The lowest BCUT2D eigenvalue weighted by Gasteiger charge is -2.00. The van der Waals surface area contributed by atoms with E-state index >= 15 is 0 Å². The fraction of sp³-hybridized carbons (Fsp3) is 0.231. The fourth-order valence-corrected chi connectivity index (χ4v) is 2.99. The fourth-order valence-electron chi connectivity index (χ4n) is 2.02. The SMILES string of the molecule is C=C(CCC)c1nnc2sc3ccccc3n12. The monoisotopic (exact) mass is 243 g/mol. The Morgan fingerprint density at radius 1 is 1.35 bits per heavy atom. The Hall–Kier alpha value is -1.68. The first kappa shape index (κ1) is 10.5. The molecule has 0 atom stereocenters. The van der Waals surface area contributed by atoms with Crippen molar-refractivity contribution in [3.05, 3.63) is 36.7 Å². The Morgan fingerprint density at radius 3 is 3.00 bits per heavy atom. The molecule has 4 heteroatoms. The summed E-state index contributed by atoms with van der Waals surface area (Å²) in [6.07, 6.45) is 2.04. The van der Waals surface area contributed by atoms with Crippen LogP contribution in [0.4, 0.5) is 0 Å². The van der Waals surface area contributed by atoms with Crippen molar-refractivity contribution in [2.24, 2.45) is 0 Å². The van der Waals surface area contributed by atoms with Gasteiger partial charge in [-0.15, -0.1) is 10.2 Å². The molecule has 0 radical (unpaired) electrons. The number of allylic oxidation sites excluding steroid dienone is 1. The standard InChI is InChI=1S/C13H13N3S/c1-3-6-9(2)12-14-15-13-16(12)10-7-4-5-8-11(10)17-13/h4-5,7-8H,2-3,6H2,1H3. The van der Waals surface area contributed by atoms with Gasteiger partial charge in [-0.25, -0.2) is 0 Å². The van der Waals surface area contributed by atoms with Crippen LogP contribution in [0.3, 0.4) is 0 Å². The summed E-state index contributed by atoms with van der Waals surface area (Å²) in [5.74, 6) is 0.902. The number of thiazole rings is 1. The van der Waals surface area contributed by atoms with Gasteiger partial charge in [0.2, 0.25) is 4.96 Å². The van der Waals surface area contributed by atoms with Gasteiger partial charge in [-0.05, 0) is 24.1 Å². The molecule has 0 spiro atoms. The highest BCUT2D eigenvalue weighted by Gasteiger charge is 2.13. The van der Waals surface area contributed by atoms with Gasteiger partial charge in [0.05, 0.1) is 10.2 Å². The molecule has 0 amide bonds. The summed E-state index contributed by atoms with van der Waals surface area (Å²) in [6.45, 7) is 6.25. The van der Waals surface area contributed by atoms with E-state index in [9.17, 15) is 0 Å². The lowest BCUT2D eigenvalue weighted by Crippen LogP contribution is -1.92. The zero-order chi connectivity index (χ0) is 11.8. The van der Waals surface area contributed by atoms with Crippen LogP contribution in [0, 0.1) is 0 Å². The Balaban J connectivity index is 2.29. The van der Waals surface area contributed by atoms with Crippen LogP contribution in [0.25, 0.3) is 20.8 Å². The first-order valence-corrected chi connectivity index (χ1v) is 6.53. The largest absolute Gasteiger partial charge is 0.266 e. The number of fused-ring (bicyclic) bond motifs is 3. The minimum absolute atomic E-state index is 0.902. The van der Waals surface area contributed by atoms with Crippen molar-refractivity contribution >= 4 is 32.1 Å². The number of hydrogen-bond acceptors (Lipinski definition) is 3. The maximum absolute atomic E-state index is 4.25. The highest BCUT2D eigenvalue weighted by atomic mass is 32.1. The Labute approximate surface area is 103 Å². The molecule has 0 unspecified atom stereocenters. The molecule has 2 heterocycles. The number of nitrogens with zero attached hydrogens (tertiary/aromatic N) is 3. The highest BCUT2D eigenvalue weighted by Crippen LogP contribution is 2.28. The molecule has 3 nitrogen and oxygen atoms in total. The van der Waals surface area contributed by atoms with Crippen LogP contribution in [-0.2, 0) is 0 Å². The summed E-state index contributed by atoms with van der Waals surface area (Å²) in [5, 5.41) is 8.48. The minimum Gasteiger partial charge on any atom is -0.266 e. The molecule has 0 aliphatic carbocycles.